The number of amides is 2. The van der Waals surface area contributed by atoms with Gasteiger partial charge in [0.05, 0.1) is 11.4 Å². The highest BCUT2D eigenvalue weighted by atomic mass is 32.1. The standard InChI is InChI=1S/C15H12N6O2S/c22-13-7-20(12-4-2-1-3-11(12)16-13)14(23)8-21-18-15(17-19-21)10-5-6-24-9-10/h1-6,9H,7-8H2,(H,16,22). The van der Waals surface area contributed by atoms with E-state index in [4.69, 9.17) is 0 Å². The van der Waals surface area contributed by atoms with Crippen molar-refractivity contribution in [2.75, 3.05) is 16.8 Å². The summed E-state index contributed by atoms with van der Waals surface area (Å²) in [5.41, 5.74) is 2.15. The molecule has 4 rings (SSSR count). The van der Waals surface area contributed by atoms with Crippen molar-refractivity contribution in [2.24, 2.45) is 0 Å². The Morgan fingerprint density at radius 3 is 3.00 bits per heavy atom. The molecule has 2 aromatic heterocycles. The molecule has 0 saturated heterocycles. The fraction of sp³-hybridized carbons (Fsp3) is 0.133. The summed E-state index contributed by atoms with van der Waals surface area (Å²) in [6.45, 7) is -0.110. The summed E-state index contributed by atoms with van der Waals surface area (Å²) in [6, 6.07) is 9.06. The number of rotatable bonds is 3. The minimum Gasteiger partial charge on any atom is -0.323 e. The number of hydrogen-bond acceptors (Lipinski definition) is 6. The molecule has 0 fully saturated rings. The number of aromatic nitrogens is 4. The third kappa shape index (κ3) is 2.65. The highest BCUT2D eigenvalue weighted by Gasteiger charge is 2.27. The van der Waals surface area contributed by atoms with Gasteiger partial charge in [0.15, 0.2) is 0 Å². The van der Waals surface area contributed by atoms with E-state index in [1.807, 2.05) is 22.9 Å². The minimum atomic E-state index is -0.272. The molecule has 24 heavy (non-hydrogen) atoms. The van der Waals surface area contributed by atoms with Crippen molar-refractivity contribution in [1.82, 2.24) is 20.2 Å². The van der Waals surface area contributed by atoms with E-state index >= 15 is 0 Å². The SMILES string of the molecule is O=C1CN(C(=O)Cn2nnc(-c3ccsc3)n2)c2ccccc2N1. The Bertz CT molecular complexity index is 904. The van der Waals surface area contributed by atoms with Gasteiger partial charge in [-0.05, 0) is 28.8 Å². The zero-order valence-corrected chi connectivity index (χ0v) is 13.2. The van der Waals surface area contributed by atoms with E-state index in [1.54, 1.807) is 18.2 Å². The van der Waals surface area contributed by atoms with E-state index in [0.717, 1.165) is 5.56 Å². The Labute approximate surface area is 140 Å². The maximum absolute atomic E-state index is 12.6. The van der Waals surface area contributed by atoms with Crippen LogP contribution in [-0.4, -0.2) is 38.6 Å². The van der Waals surface area contributed by atoms with E-state index in [2.05, 4.69) is 20.7 Å². The lowest BCUT2D eigenvalue weighted by Crippen LogP contribution is -2.43. The third-order valence-corrected chi connectivity index (χ3v) is 4.26. The minimum absolute atomic E-state index is 0.0259. The van der Waals surface area contributed by atoms with Crippen LogP contribution in [0.4, 0.5) is 11.4 Å². The molecule has 1 aliphatic heterocycles. The maximum atomic E-state index is 12.6. The lowest BCUT2D eigenvalue weighted by Gasteiger charge is -2.28. The predicted octanol–water partition coefficient (Wildman–Crippen LogP) is 1.39. The predicted molar refractivity (Wildman–Crippen MR) is 88.6 cm³/mol. The fourth-order valence-corrected chi connectivity index (χ4v) is 3.11. The zero-order chi connectivity index (χ0) is 16.5. The second kappa shape index (κ2) is 5.85. The first-order valence-electron chi connectivity index (χ1n) is 7.20. The second-order valence-corrected chi connectivity index (χ2v) is 5.98. The number of carbonyl (C=O) groups excluding carboxylic acids is 2. The average molecular weight is 340 g/mol. The molecule has 1 aromatic carbocycles. The molecule has 0 bridgehead atoms. The molecule has 1 N–H and O–H groups in total. The van der Waals surface area contributed by atoms with E-state index in [1.165, 1.54) is 21.0 Å². The maximum Gasteiger partial charge on any atom is 0.251 e. The summed E-state index contributed by atoms with van der Waals surface area (Å²) in [5.74, 6) is -0.0278. The van der Waals surface area contributed by atoms with Gasteiger partial charge >= 0.3 is 0 Å². The van der Waals surface area contributed by atoms with Crippen LogP contribution in [0.1, 0.15) is 0 Å². The number of nitrogens with one attached hydrogen (secondary N) is 1. The molecule has 1 aliphatic rings. The summed E-state index contributed by atoms with van der Waals surface area (Å²) in [5, 5.41) is 18.7. The Morgan fingerprint density at radius 1 is 1.29 bits per heavy atom. The molecule has 0 radical (unpaired) electrons. The molecule has 0 unspecified atom stereocenters. The van der Waals surface area contributed by atoms with Crippen molar-refractivity contribution in [1.29, 1.82) is 0 Å². The van der Waals surface area contributed by atoms with Crippen molar-refractivity contribution < 1.29 is 9.59 Å². The van der Waals surface area contributed by atoms with Gasteiger partial charge in [0, 0.05) is 10.9 Å². The molecule has 8 nitrogen and oxygen atoms in total. The molecular weight excluding hydrogens is 328 g/mol. The van der Waals surface area contributed by atoms with Crippen LogP contribution in [-0.2, 0) is 16.1 Å². The van der Waals surface area contributed by atoms with Crippen LogP contribution in [0, 0.1) is 0 Å². The van der Waals surface area contributed by atoms with E-state index < -0.39 is 0 Å². The topological polar surface area (TPSA) is 93.0 Å². The number of nitrogens with zero attached hydrogens (tertiary/aromatic N) is 5. The zero-order valence-electron chi connectivity index (χ0n) is 12.4. The summed E-state index contributed by atoms with van der Waals surface area (Å²) >= 11 is 1.54. The van der Waals surface area contributed by atoms with E-state index in [0.29, 0.717) is 17.2 Å². The number of para-hydroxylation sites is 2. The first-order chi connectivity index (χ1) is 11.7. The average Bonchev–Trinajstić information content (AvgIpc) is 3.25. The molecular formula is C15H12N6O2S. The Balaban J connectivity index is 1.56. The number of fused-ring (bicyclic) bond motifs is 1. The summed E-state index contributed by atoms with van der Waals surface area (Å²) in [4.78, 5) is 27.1. The normalized spacial score (nSPS) is 13.5. The molecule has 120 valence electrons. The van der Waals surface area contributed by atoms with Gasteiger partial charge in [-0.3, -0.25) is 14.5 Å². The number of hydrogen-bond donors (Lipinski definition) is 1. The highest BCUT2D eigenvalue weighted by Crippen LogP contribution is 2.29. The molecule has 0 saturated carbocycles. The lowest BCUT2D eigenvalue weighted by molar-refractivity contribution is -0.122. The Kier molecular flexibility index (Phi) is 3.54. The van der Waals surface area contributed by atoms with Crippen LogP contribution in [0.15, 0.2) is 41.1 Å². The smallest absolute Gasteiger partial charge is 0.251 e. The molecule has 0 aliphatic carbocycles. The lowest BCUT2D eigenvalue weighted by atomic mass is 10.2. The quantitative estimate of drug-likeness (QED) is 0.778. The first-order valence-corrected chi connectivity index (χ1v) is 8.14. The van der Waals surface area contributed by atoms with Gasteiger partial charge in [-0.15, -0.1) is 10.2 Å². The van der Waals surface area contributed by atoms with E-state index in [-0.39, 0.29) is 24.9 Å². The monoisotopic (exact) mass is 340 g/mol. The van der Waals surface area contributed by atoms with Crippen molar-refractivity contribution >= 4 is 34.5 Å². The molecule has 3 aromatic rings. The highest BCUT2D eigenvalue weighted by molar-refractivity contribution is 7.08. The molecule has 2 amide bonds. The fourth-order valence-electron chi connectivity index (χ4n) is 2.48. The van der Waals surface area contributed by atoms with Gasteiger partial charge in [0.2, 0.25) is 11.7 Å². The number of carbonyl (C=O) groups is 2. The van der Waals surface area contributed by atoms with Crippen LogP contribution in [0.2, 0.25) is 0 Å². The van der Waals surface area contributed by atoms with Crippen molar-refractivity contribution in [3.63, 3.8) is 0 Å². The van der Waals surface area contributed by atoms with Crippen LogP contribution in [0.3, 0.4) is 0 Å². The molecule has 0 spiro atoms. The van der Waals surface area contributed by atoms with Gasteiger partial charge in [-0.2, -0.15) is 16.1 Å². The van der Waals surface area contributed by atoms with Crippen molar-refractivity contribution in [3.8, 4) is 11.4 Å². The summed E-state index contributed by atoms with van der Waals surface area (Å²) in [7, 11) is 0. The van der Waals surface area contributed by atoms with Crippen LogP contribution in [0.5, 0.6) is 0 Å². The van der Waals surface area contributed by atoms with Gasteiger partial charge in [0.25, 0.3) is 5.91 Å². The first kappa shape index (κ1) is 14.5. The van der Waals surface area contributed by atoms with Gasteiger partial charge < -0.3 is 5.32 Å². The number of tetrazole rings is 1. The van der Waals surface area contributed by atoms with Crippen LogP contribution >= 0.6 is 11.3 Å². The Hall–Kier alpha value is -3.07. The summed E-state index contributed by atoms with van der Waals surface area (Å²) in [6.07, 6.45) is 0. The Morgan fingerprint density at radius 2 is 2.17 bits per heavy atom. The number of thiophene rings is 1. The molecule has 3 heterocycles. The van der Waals surface area contributed by atoms with Gasteiger partial charge in [-0.1, -0.05) is 12.1 Å². The summed E-state index contributed by atoms with van der Waals surface area (Å²) < 4.78 is 0. The number of anilines is 2. The largest absolute Gasteiger partial charge is 0.323 e. The van der Waals surface area contributed by atoms with E-state index in [9.17, 15) is 9.59 Å². The van der Waals surface area contributed by atoms with Crippen LogP contribution in [0.25, 0.3) is 11.4 Å². The van der Waals surface area contributed by atoms with Crippen molar-refractivity contribution in [2.45, 2.75) is 6.54 Å². The number of benzene rings is 1. The third-order valence-electron chi connectivity index (χ3n) is 3.58. The van der Waals surface area contributed by atoms with Crippen LogP contribution < -0.4 is 10.2 Å². The van der Waals surface area contributed by atoms with Gasteiger partial charge in [-0.25, -0.2) is 0 Å². The molecule has 0 atom stereocenters. The van der Waals surface area contributed by atoms with Gasteiger partial charge in [0.1, 0.15) is 13.1 Å². The van der Waals surface area contributed by atoms with Crippen molar-refractivity contribution in [3.05, 3.63) is 41.1 Å². The molecule has 9 heteroatoms. The second-order valence-electron chi connectivity index (χ2n) is 5.20.